The van der Waals surface area contributed by atoms with Gasteiger partial charge in [0, 0.05) is 12.5 Å². The minimum absolute atomic E-state index is 0.0289. The molecule has 1 heterocycles. The van der Waals surface area contributed by atoms with Crippen molar-refractivity contribution in [2.45, 2.75) is 32.7 Å². The molecule has 5 heteroatoms. The number of carboxylic acid groups (broad SMARTS) is 1. The van der Waals surface area contributed by atoms with Crippen molar-refractivity contribution in [1.29, 1.82) is 0 Å². The highest BCUT2D eigenvalue weighted by atomic mass is 16.5. The molecule has 0 radical (unpaired) electrons. The van der Waals surface area contributed by atoms with Crippen LogP contribution in [-0.4, -0.2) is 47.7 Å². The molecule has 1 aliphatic heterocycles. The average Bonchev–Trinajstić information content (AvgIpc) is 2.87. The molecule has 0 bridgehead atoms. The third-order valence-corrected chi connectivity index (χ3v) is 3.73. The van der Waals surface area contributed by atoms with Crippen LogP contribution in [0.5, 0.6) is 0 Å². The summed E-state index contributed by atoms with van der Waals surface area (Å²) >= 11 is 0. The predicted molar refractivity (Wildman–Crippen MR) is 60.5 cm³/mol. The largest absolute Gasteiger partial charge is 0.481 e. The van der Waals surface area contributed by atoms with Crippen LogP contribution in [0.3, 0.4) is 0 Å². The molecule has 1 amide bonds. The van der Waals surface area contributed by atoms with Crippen molar-refractivity contribution >= 4 is 11.9 Å². The molecule has 2 unspecified atom stereocenters. The fraction of sp³-hybridized carbons (Fsp3) is 0.833. The van der Waals surface area contributed by atoms with Crippen molar-refractivity contribution in [2.24, 2.45) is 11.3 Å². The molecule has 0 aromatic heterocycles. The van der Waals surface area contributed by atoms with Gasteiger partial charge in [-0.15, -0.1) is 0 Å². The van der Waals surface area contributed by atoms with Crippen LogP contribution in [0.1, 0.15) is 26.7 Å². The molecule has 1 saturated heterocycles. The number of carbonyl (C=O) groups is 2. The zero-order valence-electron chi connectivity index (χ0n) is 10.3. The highest BCUT2D eigenvalue weighted by molar-refractivity contribution is 5.83. The normalized spacial score (nSPS) is 31.1. The first kappa shape index (κ1) is 12.4. The van der Waals surface area contributed by atoms with Gasteiger partial charge in [-0.1, -0.05) is 13.8 Å². The Labute approximate surface area is 101 Å². The SMILES string of the molecule is CC1(C)CC1C(=O)N1CCOCC1CC(=O)O. The van der Waals surface area contributed by atoms with Crippen LogP contribution in [0.25, 0.3) is 0 Å². The number of nitrogens with zero attached hydrogens (tertiary/aromatic N) is 1. The zero-order valence-corrected chi connectivity index (χ0v) is 10.3. The van der Waals surface area contributed by atoms with Gasteiger partial charge in [0.25, 0.3) is 0 Å². The predicted octanol–water partition coefficient (Wildman–Crippen LogP) is 0.735. The zero-order chi connectivity index (χ0) is 12.6. The van der Waals surface area contributed by atoms with Crippen LogP contribution in [0.4, 0.5) is 0 Å². The van der Waals surface area contributed by atoms with Gasteiger partial charge in [0.15, 0.2) is 0 Å². The molecule has 0 aromatic rings. The van der Waals surface area contributed by atoms with Gasteiger partial charge in [-0.05, 0) is 11.8 Å². The van der Waals surface area contributed by atoms with Gasteiger partial charge in [0.1, 0.15) is 0 Å². The second-order valence-corrected chi connectivity index (χ2v) is 5.60. The summed E-state index contributed by atoms with van der Waals surface area (Å²) in [5.41, 5.74) is 0.0865. The third kappa shape index (κ3) is 2.60. The summed E-state index contributed by atoms with van der Waals surface area (Å²) in [6.45, 7) is 5.51. The van der Waals surface area contributed by atoms with Crippen molar-refractivity contribution in [3.8, 4) is 0 Å². The molecule has 2 aliphatic rings. The van der Waals surface area contributed by atoms with Crippen molar-refractivity contribution in [3.05, 3.63) is 0 Å². The highest BCUT2D eigenvalue weighted by Crippen LogP contribution is 2.52. The van der Waals surface area contributed by atoms with Crippen LogP contribution in [0.15, 0.2) is 0 Å². The highest BCUT2D eigenvalue weighted by Gasteiger charge is 2.52. The van der Waals surface area contributed by atoms with E-state index >= 15 is 0 Å². The summed E-state index contributed by atoms with van der Waals surface area (Å²) in [6, 6.07) is -0.301. The number of ether oxygens (including phenoxy) is 1. The topological polar surface area (TPSA) is 66.8 Å². The molecule has 2 rings (SSSR count). The maximum Gasteiger partial charge on any atom is 0.305 e. The van der Waals surface area contributed by atoms with Crippen molar-refractivity contribution in [1.82, 2.24) is 4.90 Å². The maximum atomic E-state index is 12.2. The van der Waals surface area contributed by atoms with Crippen LogP contribution in [0, 0.1) is 11.3 Å². The molecule has 2 fully saturated rings. The fourth-order valence-corrected chi connectivity index (χ4v) is 2.40. The van der Waals surface area contributed by atoms with Gasteiger partial charge in [-0.2, -0.15) is 0 Å². The molecule has 1 aliphatic carbocycles. The van der Waals surface area contributed by atoms with E-state index < -0.39 is 5.97 Å². The summed E-state index contributed by atoms with van der Waals surface area (Å²) < 4.78 is 5.26. The van der Waals surface area contributed by atoms with E-state index in [1.165, 1.54) is 0 Å². The van der Waals surface area contributed by atoms with E-state index in [1.807, 2.05) is 0 Å². The molecular formula is C12H19NO4. The molecule has 17 heavy (non-hydrogen) atoms. The second kappa shape index (κ2) is 4.29. The average molecular weight is 241 g/mol. The summed E-state index contributed by atoms with van der Waals surface area (Å²) in [7, 11) is 0. The van der Waals surface area contributed by atoms with E-state index in [2.05, 4.69) is 13.8 Å². The van der Waals surface area contributed by atoms with Crippen LogP contribution < -0.4 is 0 Å². The Balaban J connectivity index is 2.01. The van der Waals surface area contributed by atoms with Crippen LogP contribution >= 0.6 is 0 Å². The van der Waals surface area contributed by atoms with Gasteiger partial charge in [-0.3, -0.25) is 9.59 Å². The molecule has 2 atom stereocenters. The second-order valence-electron chi connectivity index (χ2n) is 5.60. The number of aliphatic carboxylic acids is 1. The van der Waals surface area contributed by atoms with Crippen molar-refractivity contribution < 1.29 is 19.4 Å². The molecule has 96 valence electrons. The lowest BCUT2D eigenvalue weighted by Gasteiger charge is -2.35. The summed E-state index contributed by atoms with van der Waals surface area (Å²) in [6.07, 6.45) is 0.877. The molecule has 0 spiro atoms. The van der Waals surface area contributed by atoms with Gasteiger partial charge in [-0.25, -0.2) is 0 Å². The Morgan fingerprint density at radius 2 is 2.12 bits per heavy atom. The van der Waals surface area contributed by atoms with Gasteiger partial charge in [0.05, 0.1) is 25.7 Å². The minimum atomic E-state index is -0.881. The number of carbonyl (C=O) groups excluding carboxylic acids is 1. The lowest BCUT2D eigenvalue weighted by atomic mass is 10.1. The first-order valence-electron chi connectivity index (χ1n) is 6.02. The molecular weight excluding hydrogens is 222 g/mol. The van der Waals surface area contributed by atoms with E-state index in [9.17, 15) is 9.59 Å². The first-order valence-corrected chi connectivity index (χ1v) is 6.02. The van der Waals surface area contributed by atoms with Gasteiger partial charge >= 0.3 is 5.97 Å². The van der Waals surface area contributed by atoms with E-state index in [1.54, 1.807) is 4.90 Å². The summed E-state index contributed by atoms with van der Waals surface area (Å²) in [5.74, 6) is -0.713. The Morgan fingerprint density at radius 3 is 2.65 bits per heavy atom. The smallest absolute Gasteiger partial charge is 0.305 e. The van der Waals surface area contributed by atoms with E-state index in [4.69, 9.17) is 9.84 Å². The molecule has 0 aromatic carbocycles. The van der Waals surface area contributed by atoms with E-state index in [0.717, 1.165) is 6.42 Å². The van der Waals surface area contributed by atoms with E-state index in [0.29, 0.717) is 19.8 Å². The van der Waals surface area contributed by atoms with Crippen LogP contribution in [-0.2, 0) is 14.3 Å². The number of hydrogen-bond donors (Lipinski definition) is 1. The Kier molecular flexibility index (Phi) is 3.12. The molecule has 5 nitrogen and oxygen atoms in total. The number of morpholine rings is 1. The number of rotatable bonds is 3. The quantitative estimate of drug-likeness (QED) is 0.791. The standard InChI is InChI=1S/C12H19NO4/c1-12(2)6-9(12)11(16)13-3-4-17-7-8(13)5-10(14)15/h8-9H,3-7H2,1-2H3,(H,14,15). The Hall–Kier alpha value is -1.10. The third-order valence-electron chi connectivity index (χ3n) is 3.73. The summed E-state index contributed by atoms with van der Waals surface area (Å²) in [5, 5.41) is 8.83. The van der Waals surface area contributed by atoms with Gasteiger partial charge in [0.2, 0.25) is 5.91 Å². The lowest BCUT2D eigenvalue weighted by Crippen LogP contribution is -2.50. The van der Waals surface area contributed by atoms with Crippen LogP contribution in [0.2, 0.25) is 0 Å². The first-order chi connectivity index (χ1) is 7.92. The fourth-order valence-electron chi connectivity index (χ4n) is 2.40. The summed E-state index contributed by atoms with van der Waals surface area (Å²) in [4.78, 5) is 24.7. The van der Waals surface area contributed by atoms with E-state index in [-0.39, 0.29) is 29.7 Å². The minimum Gasteiger partial charge on any atom is -0.481 e. The number of carboxylic acids is 1. The Morgan fingerprint density at radius 1 is 1.47 bits per heavy atom. The number of hydrogen-bond acceptors (Lipinski definition) is 3. The van der Waals surface area contributed by atoms with Crippen molar-refractivity contribution in [2.75, 3.05) is 19.8 Å². The van der Waals surface area contributed by atoms with Crippen molar-refractivity contribution in [3.63, 3.8) is 0 Å². The Bertz CT molecular complexity index is 339. The molecule has 1 N–H and O–H groups in total. The van der Waals surface area contributed by atoms with Gasteiger partial charge < -0.3 is 14.7 Å². The maximum absolute atomic E-state index is 12.2. The molecule has 1 saturated carbocycles. The monoisotopic (exact) mass is 241 g/mol. The number of amides is 1. The lowest BCUT2D eigenvalue weighted by molar-refractivity contribution is -0.147.